The fourth-order valence-corrected chi connectivity index (χ4v) is 2.75. The second kappa shape index (κ2) is 6.30. The van der Waals surface area contributed by atoms with Crippen molar-refractivity contribution in [1.82, 2.24) is 9.38 Å². The van der Waals surface area contributed by atoms with E-state index >= 15 is 0 Å². The van der Waals surface area contributed by atoms with E-state index in [4.69, 9.17) is 16.3 Å². The molecule has 0 spiro atoms. The minimum atomic E-state index is -0.973. The second-order valence-electron chi connectivity index (χ2n) is 5.17. The number of carboxylic acid groups (broad SMARTS) is 1. The Balaban J connectivity index is 1.89. The Morgan fingerprint density at radius 3 is 2.87 bits per heavy atom. The van der Waals surface area contributed by atoms with E-state index in [1.165, 1.54) is 0 Å². The van der Waals surface area contributed by atoms with Crippen LogP contribution in [0.3, 0.4) is 0 Å². The summed E-state index contributed by atoms with van der Waals surface area (Å²) in [5.41, 5.74) is 2.77. The molecule has 1 N–H and O–H groups in total. The standard InChI is InChI=1S/C17H15ClN2O3/c1-23-15-10-13(18)5-4-12(15)3-2-11-8-14(17(21)22)20-7-6-19-16(20)9-11/h4-10H,2-3H2,1H3,(H,21,22). The van der Waals surface area contributed by atoms with Crippen LogP contribution in [0.4, 0.5) is 0 Å². The van der Waals surface area contributed by atoms with Gasteiger partial charge in [-0.2, -0.15) is 0 Å². The van der Waals surface area contributed by atoms with Gasteiger partial charge in [0.1, 0.15) is 17.1 Å². The first-order valence-electron chi connectivity index (χ1n) is 7.10. The lowest BCUT2D eigenvalue weighted by atomic mass is 10.0. The van der Waals surface area contributed by atoms with Crippen molar-refractivity contribution in [2.75, 3.05) is 7.11 Å². The number of nitrogens with zero attached hydrogens (tertiary/aromatic N) is 2. The zero-order valence-corrected chi connectivity index (χ0v) is 13.2. The third-order valence-corrected chi connectivity index (χ3v) is 3.95. The summed E-state index contributed by atoms with van der Waals surface area (Å²) in [4.78, 5) is 15.6. The van der Waals surface area contributed by atoms with Gasteiger partial charge in [-0.25, -0.2) is 9.78 Å². The minimum absolute atomic E-state index is 0.207. The number of benzene rings is 1. The van der Waals surface area contributed by atoms with Crippen molar-refractivity contribution < 1.29 is 14.6 Å². The average Bonchev–Trinajstić information content (AvgIpc) is 3.00. The van der Waals surface area contributed by atoms with Crippen LogP contribution in [0.2, 0.25) is 5.02 Å². The lowest BCUT2D eigenvalue weighted by Crippen LogP contribution is -2.06. The van der Waals surface area contributed by atoms with Gasteiger partial charge in [0.25, 0.3) is 0 Å². The number of aryl methyl sites for hydroxylation is 2. The normalized spacial score (nSPS) is 10.9. The molecule has 118 valence electrons. The van der Waals surface area contributed by atoms with E-state index in [0.717, 1.165) is 23.3 Å². The number of carboxylic acids is 1. The predicted molar refractivity (Wildman–Crippen MR) is 87.6 cm³/mol. The summed E-state index contributed by atoms with van der Waals surface area (Å²) in [7, 11) is 1.61. The number of fused-ring (bicyclic) bond motifs is 1. The minimum Gasteiger partial charge on any atom is -0.496 e. The third kappa shape index (κ3) is 3.14. The van der Waals surface area contributed by atoms with Crippen LogP contribution in [0.25, 0.3) is 5.65 Å². The van der Waals surface area contributed by atoms with Crippen LogP contribution in [0.15, 0.2) is 42.7 Å². The van der Waals surface area contributed by atoms with Crippen LogP contribution in [-0.2, 0) is 12.8 Å². The van der Waals surface area contributed by atoms with E-state index in [0.29, 0.717) is 17.1 Å². The highest BCUT2D eigenvalue weighted by Gasteiger charge is 2.12. The summed E-state index contributed by atoms with van der Waals surface area (Å²) in [6, 6.07) is 9.10. The largest absolute Gasteiger partial charge is 0.496 e. The molecule has 5 nitrogen and oxygen atoms in total. The highest BCUT2D eigenvalue weighted by atomic mass is 35.5. The Labute approximate surface area is 138 Å². The highest BCUT2D eigenvalue weighted by molar-refractivity contribution is 6.30. The smallest absolute Gasteiger partial charge is 0.352 e. The average molecular weight is 331 g/mol. The topological polar surface area (TPSA) is 63.8 Å². The van der Waals surface area contributed by atoms with Crippen molar-refractivity contribution >= 4 is 23.2 Å². The van der Waals surface area contributed by atoms with Crippen molar-refractivity contribution in [2.45, 2.75) is 12.8 Å². The Morgan fingerprint density at radius 2 is 2.13 bits per heavy atom. The van der Waals surface area contributed by atoms with Crippen LogP contribution in [0.1, 0.15) is 21.6 Å². The quantitative estimate of drug-likeness (QED) is 0.778. The lowest BCUT2D eigenvalue weighted by Gasteiger charge is -2.10. The molecule has 0 atom stereocenters. The number of methoxy groups -OCH3 is 1. The van der Waals surface area contributed by atoms with Gasteiger partial charge >= 0.3 is 5.97 Å². The van der Waals surface area contributed by atoms with Gasteiger partial charge in [0.2, 0.25) is 0 Å². The molecule has 0 radical (unpaired) electrons. The lowest BCUT2D eigenvalue weighted by molar-refractivity contribution is 0.0688. The van der Waals surface area contributed by atoms with Crippen molar-refractivity contribution in [2.24, 2.45) is 0 Å². The molecule has 23 heavy (non-hydrogen) atoms. The first-order valence-corrected chi connectivity index (χ1v) is 7.48. The third-order valence-electron chi connectivity index (χ3n) is 3.72. The van der Waals surface area contributed by atoms with E-state index in [9.17, 15) is 9.90 Å². The number of hydrogen-bond acceptors (Lipinski definition) is 3. The van der Waals surface area contributed by atoms with E-state index < -0.39 is 5.97 Å². The molecule has 3 aromatic rings. The molecular formula is C17H15ClN2O3. The molecule has 2 heterocycles. The number of carbonyl (C=O) groups is 1. The summed E-state index contributed by atoms with van der Waals surface area (Å²) in [5.74, 6) is -0.239. The molecule has 3 rings (SSSR count). The number of pyridine rings is 1. The molecule has 0 bridgehead atoms. The maximum absolute atomic E-state index is 11.4. The van der Waals surface area contributed by atoms with E-state index in [1.54, 1.807) is 36.0 Å². The molecule has 0 fully saturated rings. The zero-order chi connectivity index (χ0) is 16.4. The maximum Gasteiger partial charge on any atom is 0.352 e. The predicted octanol–water partition coefficient (Wildman–Crippen LogP) is 3.48. The molecule has 0 amide bonds. The van der Waals surface area contributed by atoms with Gasteiger partial charge in [-0.05, 0) is 48.2 Å². The van der Waals surface area contributed by atoms with Crippen LogP contribution >= 0.6 is 11.6 Å². The molecular weight excluding hydrogens is 316 g/mol. The fraction of sp³-hybridized carbons (Fsp3) is 0.176. The monoisotopic (exact) mass is 330 g/mol. The maximum atomic E-state index is 11.4. The number of aromatic nitrogens is 2. The molecule has 2 aromatic heterocycles. The molecule has 1 aromatic carbocycles. The summed E-state index contributed by atoms with van der Waals surface area (Å²) in [5, 5.41) is 9.96. The fourth-order valence-electron chi connectivity index (χ4n) is 2.59. The van der Waals surface area contributed by atoms with Gasteiger partial charge in [-0.1, -0.05) is 17.7 Å². The first kappa shape index (κ1) is 15.4. The number of rotatable bonds is 5. The number of halogens is 1. The van der Waals surface area contributed by atoms with Gasteiger partial charge in [0.15, 0.2) is 0 Å². The Kier molecular flexibility index (Phi) is 4.21. The molecule has 6 heteroatoms. The summed E-state index contributed by atoms with van der Waals surface area (Å²) in [6.45, 7) is 0. The van der Waals surface area contributed by atoms with Gasteiger partial charge in [0, 0.05) is 17.4 Å². The van der Waals surface area contributed by atoms with Crippen molar-refractivity contribution in [3.63, 3.8) is 0 Å². The van der Waals surface area contributed by atoms with Crippen LogP contribution in [0.5, 0.6) is 5.75 Å². The summed E-state index contributed by atoms with van der Waals surface area (Å²) < 4.78 is 6.90. The van der Waals surface area contributed by atoms with E-state index in [1.807, 2.05) is 18.2 Å². The summed E-state index contributed by atoms with van der Waals surface area (Å²) >= 11 is 5.96. The molecule has 0 aliphatic carbocycles. The summed E-state index contributed by atoms with van der Waals surface area (Å²) in [6.07, 6.45) is 4.64. The highest BCUT2D eigenvalue weighted by Crippen LogP contribution is 2.24. The SMILES string of the molecule is COc1cc(Cl)ccc1CCc1cc(C(=O)O)n2ccnc2c1. The van der Waals surface area contributed by atoms with Gasteiger partial charge < -0.3 is 9.84 Å². The van der Waals surface area contributed by atoms with Crippen molar-refractivity contribution in [3.8, 4) is 5.75 Å². The van der Waals surface area contributed by atoms with Gasteiger partial charge in [-0.15, -0.1) is 0 Å². The Bertz CT molecular complexity index is 873. The zero-order valence-electron chi connectivity index (χ0n) is 12.5. The first-order chi connectivity index (χ1) is 11.1. The number of imidazole rings is 1. The van der Waals surface area contributed by atoms with Crippen molar-refractivity contribution in [3.05, 3.63) is 64.6 Å². The Morgan fingerprint density at radius 1 is 1.30 bits per heavy atom. The van der Waals surface area contributed by atoms with Crippen molar-refractivity contribution in [1.29, 1.82) is 0 Å². The second-order valence-corrected chi connectivity index (χ2v) is 5.60. The molecule has 0 aliphatic heterocycles. The van der Waals surface area contributed by atoms with Crippen LogP contribution in [-0.4, -0.2) is 27.6 Å². The molecule has 0 aliphatic rings. The number of ether oxygens (including phenoxy) is 1. The van der Waals surface area contributed by atoms with E-state index in [-0.39, 0.29) is 5.69 Å². The number of aromatic carboxylic acids is 1. The molecule has 0 saturated heterocycles. The van der Waals surface area contributed by atoms with Gasteiger partial charge in [0.05, 0.1) is 7.11 Å². The number of hydrogen-bond donors (Lipinski definition) is 1. The van der Waals surface area contributed by atoms with Gasteiger partial charge in [-0.3, -0.25) is 4.40 Å². The molecule has 0 unspecified atom stereocenters. The van der Waals surface area contributed by atoms with E-state index in [2.05, 4.69) is 4.98 Å². The molecule has 0 saturated carbocycles. The Hall–Kier alpha value is -2.53. The van der Waals surface area contributed by atoms with Crippen LogP contribution in [0, 0.1) is 0 Å². The van der Waals surface area contributed by atoms with Crippen LogP contribution < -0.4 is 4.74 Å².